The fraction of sp³-hybridized carbons (Fsp3) is 0.947. The Morgan fingerprint density at radius 2 is 1.44 bits per heavy atom. The van der Waals surface area contributed by atoms with Crippen LogP contribution in [-0.2, 0) is 18.5 Å². The molecule has 1 unspecified atom stereocenters. The third kappa shape index (κ3) is 20.1. The molecule has 0 aromatic heterocycles. The molecule has 1 atom stereocenters. The summed E-state index contributed by atoms with van der Waals surface area (Å²) < 4.78 is 20.8. The van der Waals surface area contributed by atoms with Crippen LogP contribution in [0.5, 0.6) is 0 Å². The van der Waals surface area contributed by atoms with Crippen molar-refractivity contribution in [1.29, 1.82) is 0 Å². The van der Waals surface area contributed by atoms with Crippen molar-refractivity contribution >= 4 is 13.7 Å². The summed E-state index contributed by atoms with van der Waals surface area (Å²) in [5.74, 6) is 0.0302. The van der Waals surface area contributed by atoms with E-state index in [-0.39, 0.29) is 12.5 Å². The lowest BCUT2D eigenvalue weighted by Gasteiger charge is -2.15. The zero-order valence-electron chi connectivity index (χ0n) is 17.6. The molecule has 0 aromatic rings. The molecule has 0 bridgehead atoms. The second-order valence-electron chi connectivity index (χ2n) is 7.18. The van der Waals surface area contributed by atoms with Gasteiger partial charge in [0.2, 0.25) is 5.91 Å². The van der Waals surface area contributed by atoms with Crippen LogP contribution in [-0.4, -0.2) is 43.1 Å². The van der Waals surface area contributed by atoms with Gasteiger partial charge < -0.3 is 10.2 Å². The Labute approximate surface area is 165 Å². The topological polar surface area (TPSA) is 88.1 Å². The Morgan fingerprint density at radius 3 is 1.96 bits per heavy atom. The number of hydrogen-bond donors (Lipinski definition) is 2. The molecule has 0 fully saturated rings. The second-order valence-corrected chi connectivity index (χ2v) is 8.54. The number of carbonyl (C=O) groups is 1. The summed E-state index contributed by atoms with van der Waals surface area (Å²) in [5, 5.41) is 3.92. The molecule has 0 aromatic carbocycles. The molecule has 0 aliphatic rings. The lowest BCUT2D eigenvalue weighted by Crippen LogP contribution is -2.24. The van der Waals surface area contributed by atoms with Crippen LogP contribution in [0, 0.1) is 0 Å². The molecule has 0 saturated heterocycles. The van der Waals surface area contributed by atoms with Crippen molar-refractivity contribution in [3.63, 3.8) is 0 Å². The minimum absolute atomic E-state index is 0.0302. The van der Waals surface area contributed by atoms with Gasteiger partial charge in [-0.25, -0.2) is 4.57 Å². The predicted molar refractivity (Wildman–Crippen MR) is 109 cm³/mol. The molecular weight excluding hydrogens is 367 g/mol. The maximum absolute atomic E-state index is 11.7. The first-order chi connectivity index (χ1) is 12.9. The number of nitrogens with zero attached hydrogens (tertiary/aromatic N) is 1. The first-order valence-corrected chi connectivity index (χ1v) is 12.0. The van der Waals surface area contributed by atoms with E-state index in [0.29, 0.717) is 19.4 Å². The van der Waals surface area contributed by atoms with Crippen molar-refractivity contribution in [3.8, 4) is 0 Å². The molecule has 1 amide bonds. The van der Waals surface area contributed by atoms with Gasteiger partial charge in [-0.05, 0) is 12.8 Å². The highest BCUT2D eigenvalue weighted by atomic mass is 31.2. The highest BCUT2D eigenvalue weighted by Crippen LogP contribution is 2.43. The van der Waals surface area contributed by atoms with Crippen LogP contribution in [0.2, 0.25) is 0 Å². The number of unbranched alkanes of at least 4 members (excludes halogenated alkanes) is 10. The number of amides is 1. The van der Waals surface area contributed by atoms with E-state index in [9.17, 15) is 14.3 Å². The Kier molecular flexibility index (Phi) is 17.3. The van der Waals surface area contributed by atoms with Crippen LogP contribution in [0.15, 0.2) is 0 Å². The quantitative estimate of drug-likeness (QED) is 0.181. The Balaban J connectivity index is 3.36. The van der Waals surface area contributed by atoms with Gasteiger partial charge in [0.25, 0.3) is 0 Å². The summed E-state index contributed by atoms with van der Waals surface area (Å²) in [4.78, 5) is 21.1. The van der Waals surface area contributed by atoms with Crippen molar-refractivity contribution in [2.75, 3.05) is 27.2 Å². The number of hydroxylamine groups is 2. The van der Waals surface area contributed by atoms with Crippen LogP contribution >= 0.6 is 7.82 Å². The summed E-state index contributed by atoms with van der Waals surface area (Å²) in [6, 6.07) is 0. The van der Waals surface area contributed by atoms with E-state index in [1.807, 2.05) is 0 Å². The number of phosphoric ester groups is 1. The number of hydrogen-bond acceptors (Lipinski definition) is 5. The molecule has 8 heteroatoms. The van der Waals surface area contributed by atoms with Crippen molar-refractivity contribution in [2.24, 2.45) is 0 Å². The minimum Gasteiger partial charge on any atom is -0.356 e. The van der Waals surface area contributed by atoms with Gasteiger partial charge in [-0.1, -0.05) is 71.1 Å². The average Bonchev–Trinajstić information content (AvgIpc) is 2.58. The van der Waals surface area contributed by atoms with Gasteiger partial charge in [0.05, 0.1) is 6.61 Å². The van der Waals surface area contributed by atoms with E-state index in [0.717, 1.165) is 17.9 Å². The standard InChI is InChI=1S/C19H41N2O5P/c1-4-5-6-7-8-9-10-11-12-13-14-16-19(22)20-17-15-18-25-27(23,24)26-21(2)3/h4-18H2,1-3H3,(H,20,22)(H,23,24). The zero-order chi connectivity index (χ0) is 20.4. The van der Waals surface area contributed by atoms with Crippen LogP contribution in [0.1, 0.15) is 90.4 Å². The predicted octanol–water partition coefficient (Wildman–Crippen LogP) is 4.80. The largest absolute Gasteiger partial charge is 0.488 e. The van der Waals surface area contributed by atoms with E-state index in [4.69, 9.17) is 4.52 Å². The van der Waals surface area contributed by atoms with E-state index >= 15 is 0 Å². The normalized spacial score (nSPS) is 13.7. The summed E-state index contributed by atoms with van der Waals surface area (Å²) in [7, 11) is -1.04. The molecule has 2 N–H and O–H groups in total. The molecule has 0 aliphatic carbocycles. The van der Waals surface area contributed by atoms with Crippen molar-refractivity contribution in [2.45, 2.75) is 90.4 Å². The van der Waals surface area contributed by atoms with E-state index in [2.05, 4.69) is 16.9 Å². The van der Waals surface area contributed by atoms with Gasteiger partial charge in [0.1, 0.15) is 0 Å². The molecule has 0 heterocycles. The fourth-order valence-corrected chi connectivity index (χ4v) is 3.57. The smallest absolute Gasteiger partial charge is 0.356 e. The molecule has 0 radical (unpaired) electrons. The zero-order valence-corrected chi connectivity index (χ0v) is 18.5. The lowest BCUT2D eigenvalue weighted by atomic mass is 10.1. The number of carbonyl (C=O) groups excluding carboxylic acids is 1. The summed E-state index contributed by atoms with van der Waals surface area (Å²) in [6.07, 6.45) is 14.9. The summed E-state index contributed by atoms with van der Waals surface area (Å²) in [6.45, 7) is 2.73. The van der Waals surface area contributed by atoms with Crippen LogP contribution < -0.4 is 5.32 Å². The van der Waals surface area contributed by atoms with Crippen molar-refractivity contribution < 1.29 is 23.4 Å². The average molecular weight is 409 g/mol. The van der Waals surface area contributed by atoms with Gasteiger partial charge in [0, 0.05) is 27.1 Å². The number of phosphoric acid groups is 1. The van der Waals surface area contributed by atoms with Gasteiger partial charge >= 0.3 is 7.82 Å². The van der Waals surface area contributed by atoms with E-state index < -0.39 is 7.82 Å². The van der Waals surface area contributed by atoms with Crippen molar-refractivity contribution in [1.82, 2.24) is 10.4 Å². The third-order valence-electron chi connectivity index (χ3n) is 4.17. The van der Waals surface area contributed by atoms with Crippen LogP contribution in [0.4, 0.5) is 0 Å². The first-order valence-electron chi connectivity index (χ1n) is 10.5. The monoisotopic (exact) mass is 408 g/mol. The Morgan fingerprint density at radius 1 is 0.926 bits per heavy atom. The fourth-order valence-electron chi connectivity index (χ4n) is 2.75. The number of rotatable bonds is 19. The highest BCUT2D eigenvalue weighted by molar-refractivity contribution is 7.47. The van der Waals surface area contributed by atoms with Gasteiger partial charge in [0.15, 0.2) is 0 Å². The molecule has 27 heavy (non-hydrogen) atoms. The van der Waals surface area contributed by atoms with Crippen LogP contribution in [0.3, 0.4) is 0 Å². The summed E-state index contributed by atoms with van der Waals surface area (Å²) >= 11 is 0. The molecule has 0 spiro atoms. The summed E-state index contributed by atoms with van der Waals surface area (Å²) in [5.41, 5.74) is 0. The molecule has 0 saturated carbocycles. The van der Waals surface area contributed by atoms with Crippen molar-refractivity contribution in [3.05, 3.63) is 0 Å². The van der Waals surface area contributed by atoms with E-state index in [1.54, 1.807) is 0 Å². The molecule has 7 nitrogen and oxygen atoms in total. The van der Waals surface area contributed by atoms with Gasteiger partial charge in [-0.15, -0.1) is 0 Å². The maximum atomic E-state index is 11.7. The Bertz CT molecular complexity index is 408. The Hall–Kier alpha value is -0.460. The molecule has 162 valence electrons. The SMILES string of the molecule is CCCCCCCCCCCCCC(=O)NCCCOP(=O)(O)ON(C)C. The van der Waals surface area contributed by atoms with E-state index in [1.165, 1.54) is 71.9 Å². The third-order valence-corrected chi connectivity index (χ3v) is 5.21. The molecular formula is C19H41N2O5P. The first kappa shape index (κ1) is 26.5. The second kappa shape index (κ2) is 17.6. The molecule has 0 rings (SSSR count). The highest BCUT2D eigenvalue weighted by Gasteiger charge is 2.22. The maximum Gasteiger partial charge on any atom is 0.488 e. The van der Waals surface area contributed by atoms with Crippen LogP contribution in [0.25, 0.3) is 0 Å². The molecule has 0 aliphatic heterocycles. The lowest BCUT2D eigenvalue weighted by molar-refractivity contribution is -0.121. The van der Waals surface area contributed by atoms with Gasteiger partial charge in [-0.2, -0.15) is 9.69 Å². The van der Waals surface area contributed by atoms with Gasteiger partial charge in [-0.3, -0.25) is 9.32 Å². The minimum atomic E-state index is -4.04. The number of nitrogens with one attached hydrogen (secondary N) is 1.